The van der Waals surface area contributed by atoms with Gasteiger partial charge in [-0.15, -0.1) is 0 Å². The zero-order chi connectivity index (χ0) is 14.5. The molecule has 2 aromatic rings. The van der Waals surface area contributed by atoms with E-state index in [0.29, 0.717) is 23.7 Å². The van der Waals surface area contributed by atoms with Crippen LogP contribution in [0.1, 0.15) is 27.4 Å². The summed E-state index contributed by atoms with van der Waals surface area (Å²) in [4.78, 5) is 10.9. The molecule has 0 unspecified atom stereocenters. The fourth-order valence-electron chi connectivity index (χ4n) is 1.95. The Labute approximate surface area is 116 Å². The number of aryl methyl sites for hydroxylation is 1. The van der Waals surface area contributed by atoms with Gasteiger partial charge in [0.25, 0.3) is 0 Å². The molecule has 0 saturated heterocycles. The molecule has 1 heterocycles. The number of aliphatic hydroxyl groups is 1. The number of furan rings is 1. The second-order valence-corrected chi connectivity index (χ2v) is 4.36. The number of aliphatic hydroxyl groups excluding tert-OH is 1. The Morgan fingerprint density at radius 3 is 2.75 bits per heavy atom. The Balaban J connectivity index is 2.09. The highest BCUT2D eigenvalue weighted by atomic mass is 16.5. The quantitative estimate of drug-likeness (QED) is 0.846. The lowest BCUT2D eigenvalue weighted by Gasteiger charge is -2.09. The number of carboxylic acid groups (broad SMARTS) is 1. The molecule has 1 aromatic heterocycles. The molecular formula is C15H16O5. The third-order valence-corrected chi connectivity index (χ3v) is 2.92. The van der Waals surface area contributed by atoms with Gasteiger partial charge in [-0.3, -0.25) is 0 Å². The van der Waals surface area contributed by atoms with Crippen molar-refractivity contribution in [2.75, 3.05) is 6.61 Å². The van der Waals surface area contributed by atoms with Crippen molar-refractivity contribution in [3.05, 3.63) is 53.0 Å². The number of ether oxygens (including phenoxy) is 1. The normalized spacial score (nSPS) is 10.5. The Kier molecular flexibility index (Phi) is 4.42. The average Bonchev–Trinajstić information content (AvgIpc) is 2.79. The fraction of sp³-hybridized carbons (Fsp3) is 0.267. The highest BCUT2D eigenvalue weighted by Crippen LogP contribution is 2.21. The molecule has 0 bridgehead atoms. The van der Waals surface area contributed by atoms with Crippen LogP contribution in [-0.2, 0) is 13.0 Å². The lowest BCUT2D eigenvalue weighted by Crippen LogP contribution is -1.99. The summed E-state index contributed by atoms with van der Waals surface area (Å²) in [7, 11) is 0. The van der Waals surface area contributed by atoms with E-state index in [-0.39, 0.29) is 18.8 Å². The van der Waals surface area contributed by atoms with E-state index in [4.69, 9.17) is 19.4 Å². The molecule has 2 rings (SSSR count). The van der Waals surface area contributed by atoms with E-state index in [1.165, 1.54) is 6.07 Å². The summed E-state index contributed by atoms with van der Waals surface area (Å²) >= 11 is 0. The second kappa shape index (κ2) is 6.25. The molecule has 106 valence electrons. The van der Waals surface area contributed by atoms with Gasteiger partial charge in [-0.2, -0.15) is 0 Å². The zero-order valence-corrected chi connectivity index (χ0v) is 11.1. The maximum atomic E-state index is 10.9. The van der Waals surface area contributed by atoms with Crippen molar-refractivity contribution in [3.63, 3.8) is 0 Å². The molecule has 1 aromatic carbocycles. The summed E-state index contributed by atoms with van der Waals surface area (Å²) in [5.41, 5.74) is 1.05. The number of carboxylic acids is 1. The molecule has 0 aliphatic heterocycles. The van der Waals surface area contributed by atoms with Crippen LogP contribution in [0.15, 0.2) is 34.7 Å². The predicted octanol–water partition coefficient (Wildman–Crippen LogP) is 2.40. The number of carbonyl (C=O) groups is 1. The summed E-state index contributed by atoms with van der Waals surface area (Å²) in [6.07, 6.45) is 0.508. The first-order chi connectivity index (χ1) is 9.61. The molecule has 0 spiro atoms. The fourth-order valence-corrected chi connectivity index (χ4v) is 1.95. The van der Waals surface area contributed by atoms with Gasteiger partial charge in [-0.1, -0.05) is 18.2 Å². The zero-order valence-electron chi connectivity index (χ0n) is 11.1. The van der Waals surface area contributed by atoms with Gasteiger partial charge < -0.3 is 19.4 Å². The highest BCUT2D eigenvalue weighted by molar-refractivity contribution is 5.88. The first-order valence-electron chi connectivity index (χ1n) is 6.26. The van der Waals surface area contributed by atoms with Crippen LogP contribution >= 0.6 is 0 Å². The van der Waals surface area contributed by atoms with E-state index >= 15 is 0 Å². The van der Waals surface area contributed by atoms with Crippen molar-refractivity contribution in [1.29, 1.82) is 0 Å². The van der Waals surface area contributed by atoms with Gasteiger partial charge >= 0.3 is 5.97 Å². The SMILES string of the molecule is Cc1oc(COc2ccccc2CCO)cc1C(=O)O. The van der Waals surface area contributed by atoms with Crippen LogP contribution in [0.2, 0.25) is 0 Å². The smallest absolute Gasteiger partial charge is 0.339 e. The highest BCUT2D eigenvalue weighted by Gasteiger charge is 2.14. The molecule has 20 heavy (non-hydrogen) atoms. The lowest BCUT2D eigenvalue weighted by atomic mass is 10.1. The molecule has 5 nitrogen and oxygen atoms in total. The summed E-state index contributed by atoms with van der Waals surface area (Å²) in [6, 6.07) is 8.86. The number of rotatable bonds is 6. The average molecular weight is 276 g/mol. The maximum Gasteiger partial charge on any atom is 0.339 e. The molecular weight excluding hydrogens is 260 g/mol. The molecule has 0 atom stereocenters. The second-order valence-electron chi connectivity index (χ2n) is 4.36. The van der Waals surface area contributed by atoms with E-state index in [1.807, 2.05) is 18.2 Å². The van der Waals surface area contributed by atoms with Crippen molar-refractivity contribution in [3.8, 4) is 5.75 Å². The van der Waals surface area contributed by atoms with Crippen LogP contribution < -0.4 is 4.74 Å². The molecule has 0 aliphatic carbocycles. The first kappa shape index (κ1) is 14.1. The van der Waals surface area contributed by atoms with Gasteiger partial charge in [0.2, 0.25) is 0 Å². The topological polar surface area (TPSA) is 79.9 Å². The third-order valence-electron chi connectivity index (χ3n) is 2.92. The van der Waals surface area contributed by atoms with Crippen molar-refractivity contribution in [2.24, 2.45) is 0 Å². The van der Waals surface area contributed by atoms with Crippen LogP contribution in [0.25, 0.3) is 0 Å². The first-order valence-corrected chi connectivity index (χ1v) is 6.26. The van der Waals surface area contributed by atoms with Gasteiger partial charge in [0.05, 0.1) is 0 Å². The van der Waals surface area contributed by atoms with Gasteiger partial charge in [0, 0.05) is 6.61 Å². The van der Waals surface area contributed by atoms with Crippen LogP contribution in [0.4, 0.5) is 0 Å². The van der Waals surface area contributed by atoms with Crippen molar-refractivity contribution < 1.29 is 24.2 Å². The van der Waals surface area contributed by atoms with Crippen molar-refractivity contribution in [1.82, 2.24) is 0 Å². The van der Waals surface area contributed by atoms with E-state index in [1.54, 1.807) is 13.0 Å². The molecule has 2 N–H and O–H groups in total. The number of benzene rings is 1. The Morgan fingerprint density at radius 2 is 2.10 bits per heavy atom. The van der Waals surface area contributed by atoms with Gasteiger partial charge in [-0.25, -0.2) is 4.79 Å². The van der Waals surface area contributed by atoms with Crippen molar-refractivity contribution >= 4 is 5.97 Å². The van der Waals surface area contributed by atoms with Gasteiger partial charge in [0.1, 0.15) is 29.4 Å². The molecule has 0 saturated carbocycles. The number of para-hydroxylation sites is 1. The van der Waals surface area contributed by atoms with E-state index in [0.717, 1.165) is 5.56 Å². The standard InChI is InChI=1S/C15H16O5/c1-10-13(15(17)18)8-12(20-10)9-19-14-5-3-2-4-11(14)6-7-16/h2-5,8,16H,6-7,9H2,1H3,(H,17,18). The molecule has 0 amide bonds. The van der Waals surface area contributed by atoms with E-state index in [9.17, 15) is 4.79 Å². The van der Waals surface area contributed by atoms with E-state index < -0.39 is 5.97 Å². The summed E-state index contributed by atoms with van der Waals surface area (Å²) in [5, 5.41) is 17.9. The largest absolute Gasteiger partial charge is 0.485 e. The monoisotopic (exact) mass is 276 g/mol. The summed E-state index contributed by atoms with van der Waals surface area (Å²) < 4.78 is 11.0. The molecule has 0 radical (unpaired) electrons. The predicted molar refractivity (Wildman–Crippen MR) is 72.0 cm³/mol. The van der Waals surface area contributed by atoms with Gasteiger partial charge in [0.15, 0.2) is 0 Å². The minimum absolute atomic E-state index is 0.0450. The van der Waals surface area contributed by atoms with Crippen molar-refractivity contribution in [2.45, 2.75) is 20.0 Å². The Hall–Kier alpha value is -2.27. The molecule has 5 heteroatoms. The lowest BCUT2D eigenvalue weighted by molar-refractivity contribution is 0.0695. The minimum atomic E-state index is -1.02. The maximum absolute atomic E-state index is 10.9. The summed E-state index contributed by atoms with van der Waals surface area (Å²) in [6.45, 7) is 1.80. The number of hydrogen-bond acceptors (Lipinski definition) is 4. The van der Waals surface area contributed by atoms with Crippen LogP contribution in [0.5, 0.6) is 5.75 Å². The Morgan fingerprint density at radius 1 is 1.35 bits per heavy atom. The molecule has 0 aliphatic rings. The minimum Gasteiger partial charge on any atom is -0.485 e. The van der Waals surface area contributed by atoms with Gasteiger partial charge in [-0.05, 0) is 31.0 Å². The van der Waals surface area contributed by atoms with Crippen LogP contribution in [0, 0.1) is 6.92 Å². The third kappa shape index (κ3) is 3.19. The number of aromatic carboxylic acids is 1. The van der Waals surface area contributed by atoms with Crippen LogP contribution in [0.3, 0.4) is 0 Å². The van der Waals surface area contributed by atoms with E-state index in [2.05, 4.69) is 0 Å². The Bertz CT molecular complexity index is 600. The van der Waals surface area contributed by atoms with Crippen LogP contribution in [-0.4, -0.2) is 22.8 Å². The number of hydrogen-bond donors (Lipinski definition) is 2. The molecule has 0 fully saturated rings. The summed E-state index contributed by atoms with van der Waals surface area (Å²) in [5.74, 6) is 0.462.